The van der Waals surface area contributed by atoms with Crippen LogP contribution >= 0.6 is 0 Å². The summed E-state index contributed by atoms with van der Waals surface area (Å²) in [5.41, 5.74) is 2.40. The number of rotatable bonds is 8. The van der Waals surface area contributed by atoms with E-state index in [0.717, 1.165) is 11.1 Å². The van der Waals surface area contributed by atoms with Gasteiger partial charge in [-0.3, -0.25) is 4.79 Å². The van der Waals surface area contributed by atoms with Crippen LogP contribution in [0, 0.1) is 0 Å². The summed E-state index contributed by atoms with van der Waals surface area (Å²) in [4.78, 5) is 12.5. The van der Waals surface area contributed by atoms with Crippen molar-refractivity contribution in [2.45, 2.75) is 24.8 Å². The molecule has 0 heterocycles. The van der Waals surface area contributed by atoms with Crippen LogP contribution in [0.25, 0.3) is 11.1 Å². The smallest absolute Gasteiger partial charge is 0.262 e. The van der Waals surface area contributed by atoms with Crippen molar-refractivity contribution in [3.63, 3.8) is 0 Å². The summed E-state index contributed by atoms with van der Waals surface area (Å²) in [7, 11) is -2.02. The van der Waals surface area contributed by atoms with Crippen LogP contribution in [0.3, 0.4) is 0 Å². The van der Waals surface area contributed by atoms with Gasteiger partial charge in [-0.1, -0.05) is 48.5 Å². The van der Waals surface area contributed by atoms with Crippen molar-refractivity contribution in [3.8, 4) is 16.9 Å². The highest BCUT2D eigenvalue weighted by atomic mass is 32.2. The third-order valence-corrected chi connectivity index (χ3v) is 6.92. The Labute approximate surface area is 183 Å². The Morgan fingerprint density at radius 1 is 0.935 bits per heavy atom. The van der Waals surface area contributed by atoms with Gasteiger partial charge >= 0.3 is 0 Å². The van der Waals surface area contributed by atoms with Crippen LogP contribution in [-0.4, -0.2) is 38.3 Å². The summed E-state index contributed by atoms with van der Waals surface area (Å²) < 4.78 is 32.1. The molecule has 0 aromatic heterocycles. The van der Waals surface area contributed by atoms with Crippen LogP contribution in [0.4, 0.5) is 5.69 Å². The lowest BCUT2D eigenvalue weighted by Crippen LogP contribution is -2.33. The van der Waals surface area contributed by atoms with E-state index in [1.54, 1.807) is 19.2 Å². The summed E-state index contributed by atoms with van der Waals surface area (Å²) in [6.07, 6.45) is 0. The molecular weight excluding hydrogens is 412 g/mol. The van der Waals surface area contributed by atoms with E-state index >= 15 is 0 Å². The molecule has 3 aromatic rings. The highest BCUT2D eigenvalue weighted by Crippen LogP contribution is 2.29. The first-order valence-electron chi connectivity index (χ1n) is 9.94. The second-order valence-electron chi connectivity index (χ2n) is 7.34. The Morgan fingerprint density at radius 2 is 1.55 bits per heavy atom. The van der Waals surface area contributed by atoms with E-state index in [9.17, 15) is 13.2 Å². The molecule has 0 aliphatic heterocycles. The van der Waals surface area contributed by atoms with E-state index < -0.39 is 10.0 Å². The van der Waals surface area contributed by atoms with Crippen LogP contribution < -0.4 is 10.1 Å². The molecule has 0 atom stereocenters. The van der Waals surface area contributed by atoms with Crippen molar-refractivity contribution < 1.29 is 17.9 Å². The number of carbonyl (C=O) groups excluding carboxylic acids is 1. The molecule has 7 heteroatoms. The number of amides is 1. The van der Waals surface area contributed by atoms with E-state index in [1.807, 2.05) is 68.4 Å². The zero-order chi connectivity index (χ0) is 22.4. The van der Waals surface area contributed by atoms with E-state index in [-0.39, 0.29) is 23.5 Å². The number of nitrogens with zero attached hydrogens (tertiary/aromatic N) is 1. The van der Waals surface area contributed by atoms with Crippen molar-refractivity contribution >= 4 is 21.6 Å². The van der Waals surface area contributed by atoms with Crippen LogP contribution in [0.5, 0.6) is 5.75 Å². The monoisotopic (exact) mass is 438 g/mol. The lowest BCUT2D eigenvalue weighted by Gasteiger charge is -2.21. The molecule has 0 saturated carbocycles. The summed E-state index contributed by atoms with van der Waals surface area (Å²) in [6, 6.07) is 23.3. The van der Waals surface area contributed by atoms with Gasteiger partial charge in [0.1, 0.15) is 5.75 Å². The van der Waals surface area contributed by atoms with Gasteiger partial charge in [0, 0.05) is 24.3 Å². The summed E-state index contributed by atoms with van der Waals surface area (Å²) >= 11 is 0. The minimum absolute atomic E-state index is 0.153. The Hall–Kier alpha value is -3.16. The minimum atomic E-state index is -3.56. The molecule has 3 aromatic carbocycles. The average molecular weight is 439 g/mol. The van der Waals surface area contributed by atoms with Gasteiger partial charge in [0.25, 0.3) is 5.91 Å². The van der Waals surface area contributed by atoms with Gasteiger partial charge in [-0.25, -0.2) is 8.42 Å². The van der Waals surface area contributed by atoms with Crippen LogP contribution in [0.1, 0.15) is 13.8 Å². The molecule has 1 N–H and O–H groups in total. The van der Waals surface area contributed by atoms with Gasteiger partial charge < -0.3 is 10.1 Å². The summed E-state index contributed by atoms with van der Waals surface area (Å²) in [6.45, 7) is 3.45. The fourth-order valence-electron chi connectivity index (χ4n) is 2.94. The SMILES string of the molecule is CC(C)N(C)S(=O)(=O)c1ccc(NC(=O)COc2ccccc2-c2ccccc2)cc1. The van der Waals surface area contributed by atoms with Gasteiger partial charge in [-0.2, -0.15) is 4.31 Å². The molecule has 0 bridgehead atoms. The predicted molar refractivity (Wildman–Crippen MR) is 123 cm³/mol. The molecule has 31 heavy (non-hydrogen) atoms. The molecule has 0 saturated heterocycles. The number of hydrogen-bond donors (Lipinski definition) is 1. The largest absolute Gasteiger partial charge is 0.483 e. The molecule has 0 spiro atoms. The zero-order valence-electron chi connectivity index (χ0n) is 17.8. The van der Waals surface area contributed by atoms with Crippen molar-refractivity contribution in [1.82, 2.24) is 4.31 Å². The Kier molecular flexibility index (Phi) is 7.09. The molecule has 162 valence electrons. The fourth-order valence-corrected chi connectivity index (χ4v) is 4.31. The standard InChI is InChI=1S/C24H26N2O4S/c1-18(2)26(3)31(28,29)21-15-13-20(14-16-21)25-24(27)17-30-23-12-8-7-11-22(23)19-9-5-4-6-10-19/h4-16,18H,17H2,1-3H3,(H,25,27). The number of ether oxygens (including phenoxy) is 1. The van der Waals surface area contributed by atoms with Gasteiger partial charge in [0.15, 0.2) is 6.61 Å². The molecule has 0 aliphatic rings. The van der Waals surface area contributed by atoms with E-state index in [1.165, 1.54) is 16.4 Å². The van der Waals surface area contributed by atoms with Gasteiger partial charge in [-0.05, 0) is 49.7 Å². The van der Waals surface area contributed by atoms with Gasteiger partial charge in [0.05, 0.1) is 4.90 Å². The third-order valence-electron chi connectivity index (χ3n) is 4.87. The molecule has 0 fully saturated rings. The quantitative estimate of drug-likeness (QED) is 0.566. The van der Waals surface area contributed by atoms with Gasteiger partial charge in [-0.15, -0.1) is 0 Å². The molecule has 0 aliphatic carbocycles. The first kappa shape index (κ1) is 22.5. The lowest BCUT2D eigenvalue weighted by atomic mass is 10.1. The molecule has 6 nitrogen and oxygen atoms in total. The van der Waals surface area contributed by atoms with E-state index in [0.29, 0.717) is 11.4 Å². The molecular formula is C24H26N2O4S. The molecule has 3 rings (SSSR count). The summed E-state index contributed by atoms with van der Waals surface area (Å²) in [5, 5.41) is 2.73. The van der Waals surface area contributed by atoms with Crippen molar-refractivity contribution in [1.29, 1.82) is 0 Å². The zero-order valence-corrected chi connectivity index (χ0v) is 18.6. The maximum absolute atomic E-state index is 12.5. The van der Waals surface area contributed by atoms with Crippen LogP contribution in [-0.2, 0) is 14.8 Å². The molecule has 0 radical (unpaired) electrons. The van der Waals surface area contributed by atoms with Crippen molar-refractivity contribution in [3.05, 3.63) is 78.9 Å². The highest BCUT2D eigenvalue weighted by molar-refractivity contribution is 7.89. The Balaban J connectivity index is 1.64. The second-order valence-corrected chi connectivity index (χ2v) is 9.34. The third kappa shape index (κ3) is 5.51. The van der Waals surface area contributed by atoms with E-state index in [2.05, 4.69) is 5.32 Å². The van der Waals surface area contributed by atoms with Gasteiger partial charge in [0.2, 0.25) is 10.0 Å². The minimum Gasteiger partial charge on any atom is -0.483 e. The number of sulfonamides is 1. The number of carbonyl (C=O) groups is 1. The number of anilines is 1. The topological polar surface area (TPSA) is 75.7 Å². The summed E-state index contributed by atoms with van der Waals surface area (Å²) in [5.74, 6) is 0.278. The van der Waals surface area contributed by atoms with Crippen LogP contribution in [0.15, 0.2) is 83.8 Å². The highest BCUT2D eigenvalue weighted by Gasteiger charge is 2.22. The first-order valence-corrected chi connectivity index (χ1v) is 11.4. The lowest BCUT2D eigenvalue weighted by molar-refractivity contribution is -0.118. The molecule has 0 unspecified atom stereocenters. The molecule has 1 amide bonds. The number of hydrogen-bond acceptors (Lipinski definition) is 4. The number of benzene rings is 3. The van der Waals surface area contributed by atoms with Crippen molar-refractivity contribution in [2.75, 3.05) is 19.0 Å². The maximum atomic E-state index is 12.5. The number of nitrogens with one attached hydrogen (secondary N) is 1. The van der Waals surface area contributed by atoms with Crippen molar-refractivity contribution in [2.24, 2.45) is 0 Å². The Morgan fingerprint density at radius 3 is 2.19 bits per heavy atom. The average Bonchev–Trinajstić information content (AvgIpc) is 2.78. The van der Waals surface area contributed by atoms with Crippen LogP contribution in [0.2, 0.25) is 0 Å². The maximum Gasteiger partial charge on any atom is 0.262 e. The second kappa shape index (κ2) is 9.76. The number of para-hydroxylation sites is 1. The predicted octanol–water partition coefficient (Wildman–Crippen LogP) is 4.40. The Bertz CT molecular complexity index is 1130. The first-order chi connectivity index (χ1) is 14.8. The normalized spacial score (nSPS) is 11.5. The fraction of sp³-hybridized carbons (Fsp3) is 0.208. The van der Waals surface area contributed by atoms with E-state index in [4.69, 9.17) is 4.74 Å².